The Morgan fingerprint density at radius 1 is 1.18 bits per heavy atom. The van der Waals surface area contributed by atoms with Crippen LogP contribution in [-0.2, 0) is 11.2 Å². The van der Waals surface area contributed by atoms with Gasteiger partial charge in [0.1, 0.15) is 0 Å². The molecular formula is C16H16O. The van der Waals surface area contributed by atoms with E-state index in [0.717, 1.165) is 12.8 Å². The molecule has 1 aromatic carbocycles. The normalized spacial score (nSPS) is 34.0. The average molecular weight is 224 g/mol. The summed E-state index contributed by atoms with van der Waals surface area (Å²) < 4.78 is 0. The number of rotatable bonds is 0. The number of ketones is 1. The van der Waals surface area contributed by atoms with Crippen LogP contribution in [0, 0.1) is 11.3 Å². The first-order chi connectivity index (χ1) is 8.31. The van der Waals surface area contributed by atoms with Crippen LogP contribution >= 0.6 is 0 Å². The van der Waals surface area contributed by atoms with E-state index in [1.807, 2.05) is 6.08 Å². The molecule has 0 aromatic heterocycles. The number of allylic oxidation sites excluding steroid dienone is 2. The third kappa shape index (κ3) is 1.07. The molecule has 1 nitrogen and oxygen atoms in total. The first-order valence-electron chi connectivity index (χ1n) is 6.66. The third-order valence-electron chi connectivity index (χ3n) is 5.10. The minimum atomic E-state index is 0.228. The molecule has 17 heavy (non-hydrogen) atoms. The van der Waals surface area contributed by atoms with Crippen molar-refractivity contribution in [3.8, 4) is 0 Å². The van der Waals surface area contributed by atoms with Gasteiger partial charge in [0.25, 0.3) is 0 Å². The number of carbonyl (C=O) groups excluding carboxylic acids is 1. The monoisotopic (exact) mass is 224 g/mol. The van der Waals surface area contributed by atoms with Gasteiger partial charge in [-0.05, 0) is 48.5 Å². The molecule has 0 N–H and O–H groups in total. The molecule has 0 radical (unpaired) electrons. The van der Waals surface area contributed by atoms with Crippen LogP contribution in [0.5, 0.6) is 0 Å². The van der Waals surface area contributed by atoms with E-state index in [1.165, 1.54) is 36.0 Å². The van der Waals surface area contributed by atoms with Crippen LogP contribution in [0.15, 0.2) is 30.3 Å². The molecule has 0 saturated heterocycles. The summed E-state index contributed by atoms with van der Waals surface area (Å²) in [4.78, 5) is 12.2. The largest absolute Gasteiger partial charge is 0.295 e. The van der Waals surface area contributed by atoms with Crippen molar-refractivity contribution in [2.45, 2.75) is 32.1 Å². The molecule has 1 heteroatoms. The summed E-state index contributed by atoms with van der Waals surface area (Å²) in [6, 6.07) is 8.64. The maximum Gasteiger partial charge on any atom is 0.159 e. The first-order valence-corrected chi connectivity index (χ1v) is 6.66. The van der Waals surface area contributed by atoms with Gasteiger partial charge in [0, 0.05) is 11.3 Å². The topological polar surface area (TPSA) is 17.1 Å². The van der Waals surface area contributed by atoms with Crippen molar-refractivity contribution in [3.05, 3.63) is 41.5 Å². The quantitative estimate of drug-likeness (QED) is 0.660. The second-order valence-corrected chi connectivity index (χ2v) is 5.72. The lowest BCUT2D eigenvalue weighted by atomic mass is 9.65. The molecule has 3 aliphatic rings. The van der Waals surface area contributed by atoms with E-state index in [1.54, 1.807) is 0 Å². The zero-order chi connectivity index (χ0) is 11.5. The fourth-order valence-electron chi connectivity index (χ4n) is 4.33. The standard InChI is InChI=1S/C16H16O/c17-15-10-14-12-5-2-1-4-11(12)7-9-16(14)8-3-6-13(15)16/h1-2,4-5,10,13H,3,6-9H2/t13-,16+/m1/s1. The van der Waals surface area contributed by atoms with E-state index < -0.39 is 0 Å². The van der Waals surface area contributed by atoms with Gasteiger partial charge in [0.05, 0.1) is 0 Å². The molecule has 2 atom stereocenters. The zero-order valence-corrected chi connectivity index (χ0v) is 9.91. The van der Waals surface area contributed by atoms with Crippen LogP contribution in [0.25, 0.3) is 5.57 Å². The van der Waals surface area contributed by atoms with Gasteiger partial charge in [0.15, 0.2) is 5.78 Å². The maximum absolute atomic E-state index is 12.2. The molecule has 0 aliphatic heterocycles. The zero-order valence-electron chi connectivity index (χ0n) is 9.91. The fraction of sp³-hybridized carbons (Fsp3) is 0.438. The predicted molar refractivity (Wildman–Crippen MR) is 67.5 cm³/mol. The second-order valence-electron chi connectivity index (χ2n) is 5.72. The summed E-state index contributed by atoms with van der Waals surface area (Å²) in [6.45, 7) is 0. The van der Waals surface area contributed by atoms with Crippen molar-refractivity contribution in [2.75, 3.05) is 0 Å². The first kappa shape index (κ1) is 9.64. The number of hydrogen-bond donors (Lipinski definition) is 0. The number of benzene rings is 1. The highest BCUT2D eigenvalue weighted by Gasteiger charge is 2.53. The predicted octanol–water partition coefficient (Wildman–Crippen LogP) is 3.39. The van der Waals surface area contributed by atoms with Crippen LogP contribution in [-0.4, -0.2) is 5.78 Å². The lowest BCUT2D eigenvalue weighted by molar-refractivity contribution is -0.119. The van der Waals surface area contributed by atoms with Gasteiger partial charge in [-0.3, -0.25) is 4.79 Å². The highest BCUT2D eigenvalue weighted by molar-refractivity contribution is 6.06. The molecule has 1 fully saturated rings. The average Bonchev–Trinajstić information content (AvgIpc) is 2.87. The van der Waals surface area contributed by atoms with Crippen LogP contribution < -0.4 is 0 Å². The Morgan fingerprint density at radius 3 is 3.00 bits per heavy atom. The van der Waals surface area contributed by atoms with E-state index in [-0.39, 0.29) is 5.41 Å². The molecule has 1 aromatic rings. The third-order valence-corrected chi connectivity index (χ3v) is 5.10. The summed E-state index contributed by atoms with van der Waals surface area (Å²) in [5.74, 6) is 0.708. The van der Waals surface area contributed by atoms with Gasteiger partial charge in [-0.15, -0.1) is 0 Å². The molecule has 0 unspecified atom stereocenters. The van der Waals surface area contributed by atoms with E-state index in [2.05, 4.69) is 24.3 Å². The fourth-order valence-corrected chi connectivity index (χ4v) is 4.33. The van der Waals surface area contributed by atoms with Crippen LogP contribution in [0.2, 0.25) is 0 Å². The van der Waals surface area contributed by atoms with E-state index in [0.29, 0.717) is 11.7 Å². The van der Waals surface area contributed by atoms with Gasteiger partial charge in [-0.25, -0.2) is 0 Å². The second kappa shape index (κ2) is 3.10. The Kier molecular flexibility index (Phi) is 1.76. The SMILES string of the molecule is O=C1C=C2c3ccccc3CC[C@]23CCC[C@H]13. The Labute approximate surface area is 102 Å². The maximum atomic E-state index is 12.2. The molecule has 1 spiro atoms. The van der Waals surface area contributed by atoms with E-state index >= 15 is 0 Å². The number of hydrogen-bond acceptors (Lipinski definition) is 1. The molecular weight excluding hydrogens is 208 g/mol. The van der Waals surface area contributed by atoms with E-state index in [4.69, 9.17) is 0 Å². The molecule has 3 aliphatic carbocycles. The lowest BCUT2D eigenvalue weighted by Crippen LogP contribution is -2.29. The van der Waals surface area contributed by atoms with Gasteiger partial charge >= 0.3 is 0 Å². The minimum absolute atomic E-state index is 0.228. The molecule has 1 saturated carbocycles. The summed E-state index contributed by atoms with van der Waals surface area (Å²) in [5.41, 5.74) is 4.39. The number of aryl methyl sites for hydroxylation is 1. The number of fused-ring (bicyclic) bond motifs is 2. The molecule has 0 amide bonds. The van der Waals surface area contributed by atoms with Crippen molar-refractivity contribution in [1.82, 2.24) is 0 Å². The molecule has 0 heterocycles. The van der Waals surface area contributed by atoms with Crippen molar-refractivity contribution in [1.29, 1.82) is 0 Å². The number of carbonyl (C=O) groups is 1. The Hall–Kier alpha value is -1.37. The van der Waals surface area contributed by atoms with Crippen LogP contribution in [0.1, 0.15) is 36.8 Å². The van der Waals surface area contributed by atoms with Gasteiger partial charge in [-0.2, -0.15) is 0 Å². The minimum Gasteiger partial charge on any atom is -0.295 e. The van der Waals surface area contributed by atoms with Crippen LogP contribution in [0.3, 0.4) is 0 Å². The Balaban J connectivity index is 1.95. The molecule has 86 valence electrons. The van der Waals surface area contributed by atoms with Gasteiger partial charge < -0.3 is 0 Å². The highest BCUT2D eigenvalue weighted by atomic mass is 16.1. The van der Waals surface area contributed by atoms with Gasteiger partial charge in [0.2, 0.25) is 0 Å². The molecule has 0 bridgehead atoms. The summed E-state index contributed by atoms with van der Waals surface area (Å²) in [5, 5.41) is 0. The molecule has 4 rings (SSSR count). The summed E-state index contributed by atoms with van der Waals surface area (Å²) in [6.07, 6.45) is 7.87. The summed E-state index contributed by atoms with van der Waals surface area (Å²) >= 11 is 0. The smallest absolute Gasteiger partial charge is 0.159 e. The Morgan fingerprint density at radius 2 is 2.06 bits per heavy atom. The van der Waals surface area contributed by atoms with Crippen molar-refractivity contribution < 1.29 is 4.79 Å². The van der Waals surface area contributed by atoms with Crippen molar-refractivity contribution in [3.63, 3.8) is 0 Å². The van der Waals surface area contributed by atoms with Crippen LogP contribution in [0.4, 0.5) is 0 Å². The highest BCUT2D eigenvalue weighted by Crippen LogP contribution is 2.61. The van der Waals surface area contributed by atoms with E-state index in [9.17, 15) is 4.79 Å². The lowest BCUT2D eigenvalue weighted by Gasteiger charge is -2.37. The Bertz CT molecular complexity index is 540. The van der Waals surface area contributed by atoms with Crippen molar-refractivity contribution in [2.24, 2.45) is 11.3 Å². The summed E-state index contributed by atoms with van der Waals surface area (Å²) in [7, 11) is 0. The van der Waals surface area contributed by atoms with Gasteiger partial charge in [-0.1, -0.05) is 30.7 Å². The van der Waals surface area contributed by atoms with Crippen molar-refractivity contribution >= 4 is 11.4 Å².